The zero-order valence-electron chi connectivity index (χ0n) is 21.1. The molecule has 38 heavy (non-hydrogen) atoms. The summed E-state index contributed by atoms with van der Waals surface area (Å²) in [5.74, 6) is -1.55. The number of piperazine rings is 1. The molecule has 2 fully saturated rings. The third kappa shape index (κ3) is 5.76. The molecule has 1 aromatic carbocycles. The van der Waals surface area contributed by atoms with Gasteiger partial charge in [0.25, 0.3) is 0 Å². The lowest BCUT2D eigenvalue weighted by Gasteiger charge is -2.33. The lowest BCUT2D eigenvalue weighted by Crippen LogP contribution is -2.49. The molecule has 5 rings (SSSR count). The summed E-state index contributed by atoms with van der Waals surface area (Å²) in [5.41, 5.74) is -0.394. The molecule has 0 spiro atoms. The van der Waals surface area contributed by atoms with E-state index in [0.717, 1.165) is 38.1 Å². The van der Waals surface area contributed by atoms with E-state index in [-0.39, 0.29) is 28.2 Å². The van der Waals surface area contributed by atoms with Gasteiger partial charge in [0.2, 0.25) is 0 Å². The number of nitrogens with zero attached hydrogens (tertiary/aromatic N) is 4. The standard InChI is InChI=1S/C26H29F5N6S/c1-15-13-37(9-7-32-15)20-5-6-33-24(22(20)28)35-25-34-23(21(38-25)14-36-8-3-4-16(36)2)17-10-18(26(29,30)31)12-19(27)11-17/h5-6,10-12,15-16,32H,3-4,7-9,13-14H2,1-2H3,(H,33,34,35)/t15-,16+/m0/s1. The van der Waals surface area contributed by atoms with Crippen LogP contribution in [0.4, 0.5) is 38.6 Å². The van der Waals surface area contributed by atoms with Crippen molar-refractivity contribution in [2.24, 2.45) is 0 Å². The fourth-order valence-electron chi connectivity index (χ4n) is 5.06. The molecule has 0 aliphatic carbocycles. The zero-order chi connectivity index (χ0) is 27.0. The Hall–Kier alpha value is -2.83. The Morgan fingerprint density at radius 2 is 1.97 bits per heavy atom. The highest BCUT2D eigenvalue weighted by atomic mass is 32.1. The maximum atomic E-state index is 15.5. The molecule has 4 heterocycles. The average Bonchev–Trinajstić information content (AvgIpc) is 3.45. The molecule has 2 aliphatic heterocycles. The second-order valence-corrected chi connectivity index (χ2v) is 11.0. The predicted molar refractivity (Wildman–Crippen MR) is 139 cm³/mol. The van der Waals surface area contributed by atoms with E-state index in [1.807, 2.05) is 11.8 Å². The maximum absolute atomic E-state index is 15.5. The lowest BCUT2D eigenvalue weighted by atomic mass is 10.1. The van der Waals surface area contributed by atoms with Gasteiger partial charge in [-0.2, -0.15) is 13.2 Å². The third-order valence-electron chi connectivity index (χ3n) is 7.04. The molecule has 2 aliphatic rings. The Kier molecular flexibility index (Phi) is 7.56. The van der Waals surface area contributed by atoms with Crippen LogP contribution in [0.25, 0.3) is 11.3 Å². The maximum Gasteiger partial charge on any atom is 0.416 e. The van der Waals surface area contributed by atoms with Crippen LogP contribution in [0.1, 0.15) is 37.1 Å². The van der Waals surface area contributed by atoms with Crippen molar-refractivity contribution in [1.29, 1.82) is 0 Å². The molecule has 0 unspecified atom stereocenters. The second kappa shape index (κ2) is 10.7. The SMILES string of the molecule is C[C@@H]1CCCN1Cc1sc(Nc2nccc(N3CCN[C@@H](C)C3)c2F)nc1-c1cc(F)cc(C(F)(F)F)c1. The molecule has 204 valence electrons. The van der Waals surface area contributed by atoms with Gasteiger partial charge in [0.05, 0.1) is 16.9 Å². The van der Waals surface area contributed by atoms with Crippen LogP contribution in [0.3, 0.4) is 0 Å². The molecule has 0 radical (unpaired) electrons. The van der Waals surface area contributed by atoms with Crippen LogP contribution < -0.4 is 15.5 Å². The largest absolute Gasteiger partial charge is 0.416 e. The minimum absolute atomic E-state index is 0.0229. The quantitative estimate of drug-likeness (QED) is 0.365. The number of halogens is 5. The summed E-state index contributed by atoms with van der Waals surface area (Å²) in [6.45, 7) is 7.43. The van der Waals surface area contributed by atoms with Crippen molar-refractivity contribution in [2.75, 3.05) is 36.4 Å². The molecule has 2 N–H and O–H groups in total. The Bertz CT molecular complexity index is 1300. The van der Waals surface area contributed by atoms with Crippen LogP contribution in [-0.4, -0.2) is 53.1 Å². The van der Waals surface area contributed by atoms with Gasteiger partial charge in [0.1, 0.15) is 5.82 Å². The number of thiazole rings is 1. The first-order valence-corrected chi connectivity index (χ1v) is 13.4. The molecular weight excluding hydrogens is 523 g/mol. The van der Waals surface area contributed by atoms with Gasteiger partial charge in [0, 0.05) is 54.9 Å². The Balaban J connectivity index is 1.50. The summed E-state index contributed by atoms with van der Waals surface area (Å²) < 4.78 is 70.1. The molecule has 3 aromatic rings. The first-order valence-electron chi connectivity index (χ1n) is 12.6. The fraction of sp³-hybridized carbons (Fsp3) is 0.462. The molecule has 12 heteroatoms. The number of nitrogens with one attached hydrogen (secondary N) is 2. The smallest absolute Gasteiger partial charge is 0.366 e. The van der Waals surface area contributed by atoms with Crippen molar-refractivity contribution in [3.05, 3.63) is 52.5 Å². The second-order valence-electron chi connectivity index (χ2n) is 9.90. The number of rotatable bonds is 6. The van der Waals surface area contributed by atoms with E-state index in [9.17, 15) is 17.6 Å². The van der Waals surface area contributed by atoms with E-state index in [0.29, 0.717) is 42.3 Å². The minimum atomic E-state index is -4.70. The molecule has 0 saturated carbocycles. The van der Waals surface area contributed by atoms with Crippen molar-refractivity contribution in [1.82, 2.24) is 20.2 Å². The Morgan fingerprint density at radius 1 is 1.16 bits per heavy atom. The van der Waals surface area contributed by atoms with Gasteiger partial charge < -0.3 is 15.5 Å². The predicted octanol–water partition coefficient (Wildman–Crippen LogP) is 6.03. The first kappa shape index (κ1) is 26.8. The fourth-order valence-corrected chi connectivity index (χ4v) is 6.07. The van der Waals surface area contributed by atoms with Gasteiger partial charge in [-0.15, -0.1) is 0 Å². The van der Waals surface area contributed by atoms with Gasteiger partial charge >= 0.3 is 6.18 Å². The van der Waals surface area contributed by atoms with Crippen LogP contribution in [0.5, 0.6) is 0 Å². The first-order chi connectivity index (χ1) is 18.1. The number of hydrogen-bond acceptors (Lipinski definition) is 7. The number of anilines is 3. The number of alkyl halides is 3. The van der Waals surface area contributed by atoms with Crippen LogP contribution in [-0.2, 0) is 12.7 Å². The molecule has 0 bridgehead atoms. The topological polar surface area (TPSA) is 56.3 Å². The van der Waals surface area contributed by atoms with Gasteiger partial charge in [-0.3, -0.25) is 4.90 Å². The zero-order valence-corrected chi connectivity index (χ0v) is 21.9. The normalized spacial score (nSPS) is 20.8. The number of benzene rings is 1. The highest BCUT2D eigenvalue weighted by molar-refractivity contribution is 7.16. The van der Waals surface area contributed by atoms with Gasteiger partial charge in [0.15, 0.2) is 16.8 Å². The monoisotopic (exact) mass is 552 g/mol. The van der Waals surface area contributed by atoms with Crippen molar-refractivity contribution >= 4 is 28.0 Å². The van der Waals surface area contributed by atoms with Crippen molar-refractivity contribution < 1.29 is 22.0 Å². The van der Waals surface area contributed by atoms with E-state index < -0.39 is 23.4 Å². The Morgan fingerprint density at radius 3 is 2.68 bits per heavy atom. The Labute approximate surface area is 221 Å². The molecule has 2 saturated heterocycles. The lowest BCUT2D eigenvalue weighted by molar-refractivity contribution is -0.137. The van der Waals surface area contributed by atoms with Crippen LogP contribution in [0, 0.1) is 11.6 Å². The molecule has 0 amide bonds. The molecule has 2 atom stereocenters. The highest BCUT2D eigenvalue weighted by Gasteiger charge is 2.32. The van der Waals surface area contributed by atoms with Gasteiger partial charge in [-0.25, -0.2) is 18.7 Å². The van der Waals surface area contributed by atoms with Crippen molar-refractivity contribution in [3.8, 4) is 11.3 Å². The summed E-state index contributed by atoms with van der Waals surface area (Å²) in [4.78, 5) is 13.5. The molecular formula is C26H29F5N6S. The highest BCUT2D eigenvalue weighted by Crippen LogP contribution is 2.39. The number of likely N-dealkylation sites (tertiary alicyclic amines) is 1. The summed E-state index contributed by atoms with van der Waals surface area (Å²) in [6, 6.07) is 4.56. The summed E-state index contributed by atoms with van der Waals surface area (Å²) >= 11 is 1.21. The van der Waals surface area contributed by atoms with Crippen molar-refractivity contribution in [3.63, 3.8) is 0 Å². The van der Waals surface area contributed by atoms with Crippen LogP contribution in [0.2, 0.25) is 0 Å². The number of aromatic nitrogens is 2. The van der Waals surface area contributed by atoms with E-state index in [2.05, 4.69) is 32.4 Å². The van der Waals surface area contributed by atoms with Crippen LogP contribution >= 0.6 is 11.3 Å². The summed E-state index contributed by atoms with van der Waals surface area (Å²) in [6.07, 6.45) is -1.15. The minimum Gasteiger partial charge on any atom is -0.366 e. The van der Waals surface area contributed by atoms with E-state index in [4.69, 9.17) is 0 Å². The third-order valence-corrected chi connectivity index (χ3v) is 7.99. The van der Waals surface area contributed by atoms with E-state index in [1.165, 1.54) is 17.5 Å². The van der Waals surface area contributed by atoms with Gasteiger partial charge in [-0.05, 0) is 57.5 Å². The molecule has 6 nitrogen and oxygen atoms in total. The van der Waals surface area contributed by atoms with E-state index >= 15 is 4.39 Å². The summed E-state index contributed by atoms with van der Waals surface area (Å²) in [5, 5.41) is 6.53. The number of pyridine rings is 1. The van der Waals surface area contributed by atoms with Gasteiger partial charge in [-0.1, -0.05) is 11.3 Å². The molecule has 2 aromatic heterocycles. The van der Waals surface area contributed by atoms with E-state index in [1.54, 1.807) is 6.07 Å². The number of hydrogen-bond donors (Lipinski definition) is 2. The average molecular weight is 553 g/mol. The van der Waals surface area contributed by atoms with Crippen LogP contribution in [0.15, 0.2) is 30.5 Å². The summed E-state index contributed by atoms with van der Waals surface area (Å²) in [7, 11) is 0. The van der Waals surface area contributed by atoms with Crippen molar-refractivity contribution in [2.45, 2.75) is 51.5 Å².